The highest BCUT2D eigenvalue weighted by molar-refractivity contribution is 7.80. The third kappa shape index (κ3) is 2.90. The van der Waals surface area contributed by atoms with Crippen molar-refractivity contribution in [3.05, 3.63) is 11.7 Å². The van der Waals surface area contributed by atoms with Crippen molar-refractivity contribution in [2.45, 2.75) is 26.3 Å². The fraction of sp³-hybridized carbons (Fsp3) is 0.636. The normalized spacial score (nSPS) is 17.9. The molecule has 0 saturated carbocycles. The number of nitrogens with zero attached hydrogens (tertiary/aromatic N) is 2. The summed E-state index contributed by atoms with van der Waals surface area (Å²) in [6.07, 6.45) is 0.994. The van der Waals surface area contributed by atoms with Gasteiger partial charge in [0.25, 0.3) is 0 Å². The minimum absolute atomic E-state index is 0.172. The monoisotopic (exact) mass is 284 g/mol. The van der Waals surface area contributed by atoms with Crippen LogP contribution in [0.3, 0.4) is 0 Å². The highest BCUT2D eigenvalue weighted by Crippen LogP contribution is 2.31. The van der Waals surface area contributed by atoms with Crippen LogP contribution in [0.2, 0.25) is 0 Å². The second-order valence-electron chi connectivity index (χ2n) is 4.48. The molecule has 1 saturated heterocycles. The van der Waals surface area contributed by atoms with E-state index in [1.54, 1.807) is 6.92 Å². The van der Waals surface area contributed by atoms with Crippen LogP contribution in [-0.2, 0) is 16.1 Å². The van der Waals surface area contributed by atoms with Crippen molar-refractivity contribution in [1.29, 1.82) is 0 Å². The Balaban J connectivity index is 2.02. The zero-order chi connectivity index (χ0) is 13.9. The summed E-state index contributed by atoms with van der Waals surface area (Å²) in [5.41, 5.74) is 4.91. The molecule has 2 heterocycles. The number of thiocarbonyl (C=S) groups is 1. The Hall–Kier alpha value is -1.54. The summed E-state index contributed by atoms with van der Waals surface area (Å²) in [5, 5.41) is 6.40. The second kappa shape index (κ2) is 5.62. The number of aromatic nitrogens is 2. The Morgan fingerprint density at radius 3 is 2.74 bits per heavy atom. The molecule has 7 nitrogen and oxygen atoms in total. The maximum Gasteiger partial charge on any atom is 0.246 e. The van der Waals surface area contributed by atoms with Gasteiger partial charge in [-0.25, -0.2) is 0 Å². The van der Waals surface area contributed by atoms with E-state index in [9.17, 15) is 4.79 Å². The first kappa shape index (κ1) is 13.9. The van der Waals surface area contributed by atoms with Gasteiger partial charge in [-0.2, -0.15) is 4.98 Å². The summed E-state index contributed by atoms with van der Waals surface area (Å²) >= 11 is 5.05. The van der Waals surface area contributed by atoms with Crippen molar-refractivity contribution in [2.75, 3.05) is 13.2 Å². The van der Waals surface area contributed by atoms with E-state index in [4.69, 9.17) is 27.2 Å². The lowest BCUT2D eigenvalue weighted by molar-refractivity contribution is -0.131. The minimum Gasteiger partial charge on any atom is -0.392 e. The lowest BCUT2D eigenvalue weighted by atomic mass is 9.79. The number of nitrogens with one attached hydrogen (secondary N) is 1. The third-order valence-electron chi connectivity index (χ3n) is 3.22. The third-order valence-corrected chi connectivity index (χ3v) is 3.61. The molecular weight excluding hydrogens is 268 g/mol. The van der Waals surface area contributed by atoms with Crippen molar-refractivity contribution >= 4 is 23.1 Å². The Morgan fingerprint density at radius 1 is 1.53 bits per heavy atom. The van der Waals surface area contributed by atoms with Gasteiger partial charge in [0.2, 0.25) is 11.8 Å². The SMILES string of the molecule is Cc1noc(CNC(=O)C2(C(N)=S)CCOCC2)n1. The number of rotatable bonds is 4. The van der Waals surface area contributed by atoms with E-state index < -0.39 is 5.41 Å². The maximum atomic E-state index is 12.3. The summed E-state index contributed by atoms with van der Waals surface area (Å²) in [4.78, 5) is 16.5. The molecule has 1 fully saturated rings. The van der Waals surface area contributed by atoms with Crippen LogP contribution in [0.5, 0.6) is 0 Å². The van der Waals surface area contributed by atoms with E-state index >= 15 is 0 Å². The number of nitrogens with two attached hydrogens (primary N) is 1. The zero-order valence-corrected chi connectivity index (χ0v) is 11.5. The van der Waals surface area contributed by atoms with Gasteiger partial charge in [-0.15, -0.1) is 0 Å². The Morgan fingerprint density at radius 2 is 2.21 bits per heavy atom. The van der Waals surface area contributed by atoms with Crippen LogP contribution in [-0.4, -0.2) is 34.3 Å². The lowest BCUT2D eigenvalue weighted by Crippen LogP contribution is -2.51. The van der Waals surface area contributed by atoms with Crippen LogP contribution in [0.15, 0.2) is 4.52 Å². The number of carbonyl (C=O) groups is 1. The van der Waals surface area contributed by atoms with Crippen molar-refractivity contribution in [2.24, 2.45) is 11.1 Å². The largest absolute Gasteiger partial charge is 0.392 e. The molecule has 1 aromatic rings. The Labute approximate surface area is 115 Å². The maximum absolute atomic E-state index is 12.3. The first-order valence-electron chi connectivity index (χ1n) is 6.00. The van der Waals surface area contributed by atoms with E-state index in [1.807, 2.05) is 0 Å². The molecule has 0 unspecified atom stereocenters. The predicted molar refractivity (Wildman–Crippen MR) is 70.2 cm³/mol. The summed E-state index contributed by atoms with van der Waals surface area (Å²) in [6, 6.07) is 0. The van der Waals surface area contributed by atoms with Gasteiger partial charge in [-0.1, -0.05) is 17.4 Å². The van der Waals surface area contributed by atoms with Gasteiger partial charge < -0.3 is 20.3 Å². The molecule has 1 aliphatic rings. The molecule has 3 N–H and O–H groups in total. The molecule has 0 aromatic carbocycles. The minimum atomic E-state index is -0.831. The second-order valence-corrected chi connectivity index (χ2v) is 4.92. The molecule has 0 bridgehead atoms. The van der Waals surface area contributed by atoms with E-state index in [0.29, 0.717) is 37.8 Å². The van der Waals surface area contributed by atoms with Crippen LogP contribution in [0, 0.1) is 12.3 Å². The topological polar surface area (TPSA) is 103 Å². The van der Waals surface area contributed by atoms with E-state index in [-0.39, 0.29) is 17.4 Å². The van der Waals surface area contributed by atoms with E-state index in [0.717, 1.165) is 0 Å². The molecule has 0 radical (unpaired) electrons. The number of hydrogen-bond acceptors (Lipinski definition) is 6. The Bertz CT molecular complexity index is 482. The van der Waals surface area contributed by atoms with Gasteiger partial charge in [-0.05, 0) is 19.8 Å². The highest BCUT2D eigenvalue weighted by atomic mass is 32.1. The number of ether oxygens (including phenoxy) is 1. The van der Waals surface area contributed by atoms with E-state index in [2.05, 4.69) is 15.5 Å². The van der Waals surface area contributed by atoms with Gasteiger partial charge in [-0.3, -0.25) is 4.79 Å². The molecule has 0 aliphatic carbocycles. The Kier molecular flexibility index (Phi) is 4.11. The smallest absolute Gasteiger partial charge is 0.246 e. The van der Waals surface area contributed by atoms with Crippen LogP contribution < -0.4 is 11.1 Å². The van der Waals surface area contributed by atoms with Crippen molar-refractivity contribution < 1.29 is 14.1 Å². The van der Waals surface area contributed by atoms with Crippen LogP contribution in [0.25, 0.3) is 0 Å². The molecule has 1 aliphatic heterocycles. The number of hydrogen-bond donors (Lipinski definition) is 2. The molecule has 1 aromatic heterocycles. The standard InChI is InChI=1S/C11H16N4O3S/c1-7-14-8(18-15-7)6-13-10(16)11(9(12)19)2-4-17-5-3-11/h2-6H2,1H3,(H2,12,19)(H,13,16). The molecule has 0 spiro atoms. The average Bonchev–Trinajstić information content (AvgIpc) is 2.82. The quantitative estimate of drug-likeness (QED) is 0.754. The van der Waals surface area contributed by atoms with Gasteiger partial charge in [0.15, 0.2) is 5.82 Å². The van der Waals surface area contributed by atoms with Crippen molar-refractivity contribution in [3.63, 3.8) is 0 Å². The van der Waals surface area contributed by atoms with Gasteiger partial charge in [0, 0.05) is 13.2 Å². The predicted octanol–water partition coefficient (Wildman–Crippen LogP) is 0.0771. The zero-order valence-electron chi connectivity index (χ0n) is 10.6. The molecule has 8 heteroatoms. The molecule has 104 valence electrons. The summed E-state index contributed by atoms with van der Waals surface area (Å²) in [7, 11) is 0. The van der Waals surface area contributed by atoms with Gasteiger partial charge >= 0.3 is 0 Å². The molecule has 19 heavy (non-hydrogen) atoms. The van der Waals surface area contributed by atoms with Crippen molar-refractivity contribution in [1.82, 2.24) is 15.5 Å². The lowest BCUT2D eigenvalue weighted by Gasteiger charge is -2.34. The molecule has 1 amide bonds. The fourth-order valence-electron chi connectivity index (χ4n) is 2.04. The summed E-state index contributed by atoms with van der Waals surface area (Å²) in [6.45, 7) is 2.84. The summed E-state index contributed by atoms with van der Waals surface area (Å²) in [5.74, 6) is 0.675. The van der Waals surface area contributed by atoms with Crippen LogP contribution in [0.4, 0.5) is 0 Å². The first-order valence-corrected chi connectivity index (χ1v) is 6.40. The van der Waals surface area contributed by atoms with Crippen molar-refractivity contribution in [3.8, 4) is 0 Å². The average molecular weight is 284 g/mol. The first-order chi connectivity index (χ1) is 9.04. The van der Waals surface area contributed by atoms with E-state index in [1.165, 1.54) is 0 Å². The van der Waals surface area contributed by atoms with Crippen LogP contribution in [0.1, 0.15) is 24.6 Å². The van der Waals surface area contributed by atoms with Crippen LogP contribution >= 0.6 is 12.2 Å². The molecule has 2 rings (SSSR count). The summed E-state index contributed by atoms with van der Waals surface area (Å²) < 4.78 is 10.2. The number of amides is 1. The molecular formula is C11H16N4O3S. The number of carbonyl (C=O) groups excluding carboxylic acids is 1. The van der Waals surface area contributed by atoms with Gasteiger partial charge in [0.05, 0.1) is 11.5 Å². The fourth-order valence-corrected chi connectivity index (χ4v) is 2.34. The highest BCUT2D eigenvalue weighted by Gasteiger charge is 2.42. The number of aryl methyl sites for hydroxylation is 1. The van der Waals surface area contributed by atoms with Gasteiger partial charge in [0.1, 0.15) is 5.41 Å². The molecule has 0 atom stereocenters.